The lowest BCUT2D eigenvalue weighted by molar-refractivity contribution is 0.242. The van der Waals surface area contributed by atoms with Gasteiger partial charge >= 0.3 is 0 Å². The highest BCUT2D eigenvalue weighted by Crippen LogP contribution is 2.13. The van der Waals surface area contributed by atoms with Gasteiger partial charge in [-0.2, -0.15) is 4.98 Å². The number of aromatic nitrogens is 2. The molecule has 0 unspecified atom stereocenters. The van der Waals surface area contributed by atoms with Crippen LogP contribution in [0.4, 0.5) is 0 Å². The summed E-state index contributed by atoms with van der Waals surface area (Å²) in [7, 11) is 1.91. The predicted molar refractivity (Wildman–Crippen MR) is 56.7 cm³/mol. The fourth-order valence-electron chi connectivity index (χ4n) is 1.28. The summed E-state index contributed by atoms with van der Waals surface area (Å²) in [6, 6.07) is 7.83. The van der Waals surface area contributed by atoms with Crippen molar-refractivity contribution in [2.75, 3.05) is 7.05 Å². The quantitative estimate of drug-likeness (QED) is 0.816. The average Bonchev–Trinajstić information content (AvgIpc) is 2.82. The van der Waals surface area contributed by atoms with Crippen molar-refractivity contribution in [2.24, 2.45) is 0 Å². The molecule has 0 spiro atoms. The maximum atomic E-state index is 5.45. The van der Waals surface area contributed by atoms with Crippen molar-refractivity contribution in [3.63, 3.8) is 0 Å². The molecule has 0 aliphatic rings. The Hall–Kier alpha value is -1.88. The van der Waals surface area contributed by atoms with Crippen molar-refractivity contribution in [2.45, 2.75) is 13.2 Å². The van der Waals surface area contributed by atoms with Gasteiger partial charge in [0.25, 0.3) is 5.89 Å². The van der Waals surface area contributed by atoms with Crippen LogP contribution in [0.2, 0.25) is 0 Å². The van der Waals surface area contributed by atoms with E-state index in [0.717, 1.165) is 12.3 Å². The van der Waals surface area contributed by atoms with Crippen molar-refractivity contribution < 1.29 is 9.26 Å². The zero-order chi connectivity index (χ0) is 11.2. The third-order valence-electron chi connectivity index (χ3n) is 2.03. The number of benzene rings is 1. The van der Waals surface area contributed by atoms with Gasteiger partial charge in [0, 0.05) is 6.54 Å². The first-order valence-electron chi connectivity index (χ1n) is 4.93. The SMILES string of the molecule is CNCc1ccc(OCc2n[c]no2)cc1. The highest BCUT2D eigenvalue weighted by atomic mass is 16.5. The molecule has 0 bridgehead atoms. The fraction of sp³-hybridized carbons (Fsp3) is 0.273. The lowest BCUT2D eigenvalue weighted by Gasteiger charge is -2.04. The summed E-state index contributed by atoms with van der Waals surface area (Å²) in [5, 5.41) is 6.45. The molecule has 0 amide bonds. The van der Waals surface area contributed by atoms with E-state index in [9.17, 15) is 0 Å². The van der Waals surface area contributed by atoms with Crippen LogP contribution in [-0.2, 0) is 13.2 Å². The van der Waals surface area contributed by atoms with Crippen molar-refractivity contribution in [3.05, 3.63) is 42.0 Å². The van der Waals surface area contributed by atoms with Crippen LogP contribution in [0.3, 0.4) is 0 Å². The summed E-state index contributed by atoms with van der Waals surface area (Å²) < 4.78 is 10.2. The molecular formula is C11H12N3O2. The average molecular weight is 218 g/mol. The molecule has 2 rings (SSSR count). The molecule has 1 heterocycles. The molecule has 0 aliphatic carbocycles. The van der Waals surface area contributed by atoms with Gasteiger partial charge in [0.05, 0.1) is 0 Å². The first-order chi connectivity index (χ1) is 7.88. The largest absolute Gasteiger partial charge is 0.484 e. The summed E-state index contributed by atoms with van der Waals surface area (Å²) in [6.45, 7) is 1.11. The number of hydrogen-bond donors (Lipinski definition) is 1. The van der Waals surface area contributed by atoms with Crippen LogP contribution in [0.25, 0.3) is 0 Å². The van der Waals surface area contributed by atoms with Crippen molar-refractivity contribution >= 4 is 0 Å². The normalized spacial score (nSPS) is 10.3. The topological polar surface area (TPSA) is 60.2 Å². The van der Waals surface area contributed by atoms with Gasteiger partial charge in [-0.25, -0.2) is 0 Å². The third-order valence-corrected chi connectivity index (χ3v) is 2.03. The maximum Gasteiger partial charge on any atom is 0.264 e. The number of hydrogen-bond acceptors (Lipinski definition) is 5. The summed E-state index contributed by atoms with van der Waals surface area (Å²) in [5.41, 5.74) is 1.21. The van der Waals surface area contributed by atoms with Gasteiger partial charge in [-0.15, -0.1) is 0 Å². The van der Waals surface area contributed by atoms with Crippen LogP contribution in [-0.4, -0.2) is 17.2 Å². The van der Waals surface area contributed by atoms with Crippen LogP contribution in [0.5, 0.6) is 5.75 Å². The summed E-state index contributed by atoms with van der Waals surface area (Å²) >= 11 is 0. The van der Waals surface area contributed by atoms with E-state index in [1.165, 1.54) is 5.56 Å². The Labute approximate surface area is 93.4 Å². The van der Waals surface area contributed by atoms with E-state index in [1.54, 1.807) is 0 Å². The maximum absolute atomic E-state index is 5.45. The zero-order valence-corrected chi connectivity index (χ0v) is 8.93. The molecule has 2 aromatic rings. The van der Waals surface area contributed by atoms with Gasteiger partial charge in [0.1, 0.15) is 5.75 Å². The molecule has 5 heteroatoms. The van der Waals surface area contributed by atoms with E-state index in [2.05, 4.69) is 21.8 Å². The molecule has 5 nitrogen and oxygen atoms in total. The van der Waals surface area contributed by atoms with Crippen LogP contribution in [0.15, 0.2) is 28.8 Å². The van der Waals surface area contributed by atoms with Gasteiger partial charge in [0.15, 0.2) is 6.61 Å². The Kier molecular flexibility index (Phi) is 3.50. The lowest BCUT2D eigenvalue weighted by atomic mass is 10.2. The summed E-state index contributed by atoms with van der Waals surface area (Å²) in [6.07, 6.45) is 2.34. The monoisotopic (exact) mass is 218 g/mol. The van der Waals surface area contributed by atoms with E-state index in [-0.39, 0.29) is 6.61 Å². The molecule has 0 saturated heterocycles. The summed E-state index contributed by atoms with van der Waals surface area (Å²) in [4.78, 5) is 3.74. The Bertz CT molecular complexity index is 411. The van der Waals surface area contributed by atoms with Crippen molar-refractivity contribution in [1.82, 2.24) is 15.5 Å². The van der Waals surface area contributed by atoms with Crippen molar-refractivity contribution in [1.29, 1.82) is 0 Å². The molecule has 1 aromatic carbocycles. The molecular weight excluding hydrogens is 206 g/mol. The lowest BCUT2D eigenvalue weighted by Crippen LogP contribution is -2.04. The smallest absolute Gasteiger partial charge is 0.264 e. The van der Waals surface area contributed by atoms with Crippen LogP contribution in [0, 0.1) is 6.33 Å². The summed E-state index contributed by atoms with van der Waals surface area (Å²) in [5.74, 6) is 1.19. The molecule has 83 valence electrons. The molecule has 0 saturated carbocycles. The Balaban J connectivity index is 1.90. The minimum absolute atomic E-state index is 0.266. The van der Waals surface area contributed by atoms with Gasteiger partial charge < -0.3 is 14.6 Å². The zero-order valence-electron chi connectivity index (χ0n) is 8.93. The van der Waals surface area contributed by atoms with Gasteiger partial charge in [0.2, 0.25) is 6.33 Å². The van der Waals surface area contributed by atoms with E-state index in [1.807, 2.05) is 31.3 Å². The molecule has 0 fully saturated rings. The molecule has 1 aromatic heterocycles. The Morgan fingerprint density at radius 1 is 1.38 bits per heavy atom. The molecule has 1 radical (unpaired) electrons. The van der Waals surface area contributed by atoms with Crippen LogP contribution in [0.1, 0.15) is 11.5 Å². The van der Waals surface area contributed by atoms with Gasteiger partial charge in [-0.3, -0.25) is 0 Å². The highest BCUT2D eigenvalue weighted by molar-refractivity contribution is 5.27. The van der Waals surface area contributed by atoms with E-state index in [4.69, 9.17) is 9.26 Å². The van der Waals surface area contributed by atoms with Gasteiger partial charge in [-0.05, 0) is 24.7 Å². The van der Waals surface area contributed by atoms with Gasteiger partial charge in [-0.1, -0.05) is 17.3 Å². The first kappa shape index (κ1) is 10.6. The molecule has 1 N–H and O–H groups in total. The first-order valence-corrected chi connectivity index (χ1v) is 4.93. The molecule has 0 aliphatic heterocycles. The van der Waals surface area contributed by atoms with E-state index in [0.29, 0.717) is 5.89 Å². The van der Waals surface area contributed by atoms with E-state index < -0.39 is 0 Å². The van der Waals surface area contributed by atoms with E-state index >= 15 is 0 Å². The fourth-order valence-corrected chi connectivity index (χ4v) is 1.28. The second kappa shape index (κ2) is 5.27. The highest BCUT2D eigenvalue weighted by Gasteiger charge is 2.00. The Morgan fingerprint density at radius 3 is 2.81 bits per heavy atom. The van der Waals surface area contributed by atoms with Crippen LogP contribution < -0.4 is 10.1 Å². The minimum atomic E-state index is 0.266. The molecule has 0 atom stereocenters. The van der Waals surface area contributed by atoms with Crippen molar-refractivity contribution in [3.8, 4) is 5.75 Å². The predicted octanol–water partition coefficient (Wildman–Crippen LogP) is 1.17. The number of nitrogens with one attached hydrogen (secondary N) is 1. The second-order valence-corrected chi connectivity index (χ2v) is 3.25. The standard InChI is InChI=1S/C11H12N3O2/c1-12-6-9-2-4-10(5-3-9)15-7-11-13-8-14-16-11/h2-5,12H,6-7H2,1H3. The Morgan fingerprint density at radius 2 is 2.19 bits per heavy atom. The number of rotatable bonds is 5. The third kappa shape index (κ3) is 2.80. The van der Waals surface area contributed by atoms with Crippen LogP contribution >= 0.6 is 0 Å². The minimum Gasteiger partial charge on any atom is -0.484 e. The second-order valence-electron chi connectivity index (χ2n) is 3.25. The number of nitrogens with zero attached hydrogens (tertiary/aromatic N) is 2. The molecule has 16 heavy (non-hydrogen) atoms. The number of ether oxygens (including phenoxy) is 1.